The van der Waals surface area contributed by atoms with Crippen LogP contribution in [0.15, 0.2) is 48.5 Å². The van der Waals surface area contributed by atoms with Crippen LogP contribution in [0, 0.1) is 5.92 Å². The predicted molar refractivity (Wildman–Crippen MR) is 101 cm³/mol. The molecule has 6 heteroatoms. The monoisotopic (exact) mass is 356 g/mol. The van der Waals surface area contributed by atoms with Gasteiger partial charge in [-0.25, -0.2) is 0 Å². The molecule has 0 fully saturated rings. The third-order valence-electron chi connectivity index (χ3n) is 3.95. The van der Waals surface area contributed by atoms with Crippen LogP contribution in [0.4, 0.5) is 5.69 Å². The minimum Gasteiger partial charge on any atom is -0.497 e. The van der Waals surface area contributed by atoms with Gasteiger partial charge in [0.1, 0.15) is 17.5 Å². The number of hydrogen-bond acceptors (Lipinski definition) is 4. The average molecular weight is 356 g/mol. The van der Waals surface area contributed by atoms with Crippen LogP contribution >= 0.6 is 0 Å². The molecule has 26 heavy (non-hydrogen) atoms. The highest BCUT2D eigenvalue weighted by atomic mass is 16.5. The minimum atomic E-state index is -0.660. The quantitative estimate of drug-likeness (QED) is 0.799. The highest BCUT2D eigenvalue weighted by Crippen LogP contribution is 2.16. The van der Waals surface area contributed by atoms with Crippen LogP contribution in [0.3, 0.4) is 0 Å². The number of ether oxygens (including phenoxy) is 2. The van der Waals surface area contributed by atoms with Crippen LogP contribution in [0.1, 0.15) is 24.2 Å². The summed E-state index contributed by atoms with van der Waals surface area (Å²) < 4.78 is 10.2. The zero-order valence-corrected chi connectivity index (χ0v) is 15.4. The van der Waals surface area contributed by atoms with Crippen molar-refractivity contribution in [2.24, 2.45) is 5.92 Å². The molecule has 0 aliphatic rings. The second-order valence-corrected chi connectivity index (χ2v) is 6.14. The van der Waals surface area contributed by atoms with E-state index in [0.29, 0.717) is 22.7 Å². The van der Waals surface area contributed by atoms with Crippen LogP contribution in [0.5, 0.6) is 11.5 Å². The van der Waals surface area contributed by atoms with Crippen molar-refractivity contribution in [2.45, 2.75) is 19.9 Å². The van der Waals surface area contributed by atoms with Gasteiger partial charge in [0, 0.05) is 11.3 Å². The molecular weight excluding hydrogens is 332 g/mol. The summed E-state index contributed by atoms with van der Waals surface area (Å²) in [6, 6.07) is 13.1. The molecule has 0 radical (unpaired) electrons. The molecule has 0 spiro atoms. The van der Waals surface area contributed by atoms with Crippen molar-refractivity contribution >= 4 is 17.5 Å². The van der Waals surface area contributed by atoms with E-state index in [9.17, 15) is 9.59 Å². The molecule has 2 amide bonds. The summed E-state index contributed by atoms with van der Waals surface area (Å²) in [5, 5.41) is 5.62. The van der Waals surface area contributed by atoms with Crippen LogP contribution in [0.25, 0.3) is 0 Å². The van der Waals surface area contributed by atoms with Gasteiger partial charge >= 0.3 is 0 Å². The van der Waals surface area contributed by atoms with Crippen molar-refractivity contribution < 1.29 is 19.1 Å². The van der Waals surface area contributed by atoms with E-state index < -0.39 is 6.04 Å². The predicted octanol–water partition coefficient (Wildman–Crippen LogP) is 3.10. The Hall–Kier alpha value is -3.02. The summed E-state index contributed by atoms with van der Waals surface area (Å²) in [4.78, 5) is 25.0. The SMILES string of the molecule is COc1ccc(NC(=O)C(NC(=O)c2ccc(OC)cc2)C(C)C)cc1. The average Bonchev–Trinajstić information content (AvgIpc) is 2.66. The van der Waals surface area contributed by atoms with Crippen LogP contribution in [0.2, 0.25) is 0 Å². The fourth-order valence-electron chi connectivity index (χ4n) is 2.40. The number of nitrogens with one attached hydrogen (secondary N) is 2. The Morgan fingerprint density at radius 3 is 1.81 bits per heavy atom. The number of anilines is 1. The van der Waals surface area contributed by atoms with E-state index >= 15 is 0 Å². The van der Waals surface area contributed by atoms with Gasteiger partial charge in [-0.05, 0) is 54.4 Å². The second-order valence-electron chi connectivity index (χ2n) is 6.14. The summed E-state index contributed by atoms with van der Waals surface area (Å²) in [7, 11) is 3.14. The maximum absolute atomic E-state index is 12.6. The highest BCUT2D eigenvalue weighted by Gasteiger charge is 2.24. The molecule has 2 rings (SSSR count). The Labute approximate surface area is 153 Å². The number of rotatable bonds is 7. The first-order valence-electron chi connectivity index (χ1n) is 8.34. The third kappa shape index (κ3) is 4.99. The Kier molecular flexibility index (Phi) is 6.60. The van der Waals surface area contributed by atoms with Gasteiger partial charge in [0.05, 0.1) is 14.2 Å². The molecule has 0 bridgehead atoms. The van der Waals surface area contributed by atoms with E-state index in [1.54, 1.807) is 62.8 Å². The highest BCUT2D eigenvalue weighted by molar-refractivity contribution is 6.01. The molecule has 6 nitrogen and oxygen atoms in total. The van der Waals surface area contributed by atoms with Crippen molar-refractivity contribution in [3.8, 4) is 11.5 Å². The molecule has 0 aromatic heterocycles. The molecule has 2 aromatic rings. The molecule has 0 heterocycles. The largest absolute Gasteiger partial charge is 0.497 e. The molecule has 0 aliphatic heterocycles. The molecule has 0 aliphatic carbocycles. The van der Waals surface area contributed by atoms with Crippen molar-refractivity contribution in [1.82, 2.24) is 5.32 Å². The normalized spacial score (nSPS) is 11.6. The molecule has 2 N–H and O–H groups in total. The van der Waals surface area contributed by atoms with E-state index in [2.05, 4.69) is 10.6 Å². The van der Waals surface area contributed by atoms with Crippen molar-refractivity contribution in [1.29, 1.82) is 0 Å². The molecule has 0 saturated heterocycles. The number of methoxy groups -OCH3 is 2. The first kappa shape index (κ1) is 19.3. The molecule has 1 atom stereocenters. The summed E-state index contributed by atoms with van der Waals surface area (Å²) >= 11 is 0. The van der Waals surface area contributed by atoms with Crippen molar-refractivity contribution in [2.75, 3.05) is 19.5 Å². The summed E-state index contributed by atoms with van der Waals surface area (Å²) in [6.45, 7) is 3.76. The van der Waals surface area contributed by atoms with Crippen LogP contribution < -0.4 is 20.1 Å². The zero-order chi connectivity index (χ0) is 19.1. The molecular formula is C20H24N2O4. The first-order chi connectivity index (χ1) is 12.4. The Morgan fingerprint density at radius 2 is 1.35 bits per heavy atom. The van der Waals surface area contributed by atoms with Crippen LogP contribution in [-0.2, 0) is 4.79 Å². The fraction of sp³-hybridized carbons (Fsp3) is 0.300. The topological polar surface area (TPSA) is 76.7 Å². The van der Waals surface area contributed by atoms with Gasteiger partial charge in [-0.1, -0.05) is 13.8 Å². The number of benzene rings is 2. The van der Waals surface area contributed by atoms with Gasteiger partial charge in [0.15, 0.2) is 0 Å². The first-order valence-corrected chi connectivity index (χ1v) is 8.34. The van der Waals surface area contributed by atoms with Gasteiger partial charge in [0.2, 0.25) is 5.91 Å². The fourth-order valence-corrected chi connectivity index (χ4v) is 2.40. The number of carbonyl (C=O) groups is 2. The lowest BCUT2D eigenvalue weighted by atomic mass is 10.0. The molecule has 0 saturated carbocycles. The van der Waals surface area contributed by atoms with Gasteiger partial charge in [-0.15, -0.1) is 0 Å². The summed E-state index contributed by atoms with van der Waals surface area (Å²) in [6.07, 6.45) is 0. The van der Waals surface area contributed by atoms with E-state index in [-0.39, 0.29) is 17.7 Å². The lowest BCUT2D eigenvalue weighted by Gasteiger charge is -2.22. The lowest BCUT2D eigenvalue weighted by molar-refractivity contribution is -0.118. The Balaban J connectivity index is 2.06. The summed E-state index contributed by atoms with van der Waals surface area (Å²) in [5.74, 6) is 0.717. The standard InChI is InChI=1S/C20H24N2O4/c1-13(2)18(20(24)21-15-7-11-17(26-4)12-8-15)22-19(23)14-5-9-16(25-3)10-6-14/h5-13,18H,1-4H3,(H,21,24)(H,22,23). The number of amides is 2. The summed E-state index contributed by atoms with van der Waals surface area (Å²) in [5.41, 5.74) is 1.11. The van der Waals surface area contributed by atoms with Gasteiger partial charge < -0.3 is 20.1 Å². The molecule has 1 unspecified atom stereocenters. The molecule has 2 aromatic carbocycles. The number of carbonyl (C=O) groups excluding carboxylic acids is 2. The van der Waals surface area contributed by atoms with E-state index in [0.717, 1.165) is 0 Å². The number of hydrogen-bond donors (Lipinski definition) is 2. The Bertz CT molecular complexity index is 739. The van der Waals surface area contributed by atoms with E-state index in [4.69, 9.17) is 9.47 Å². The van der Waals surface area contributed by atoms with Gasteiger partial charge in [-0.2, -0.15) is 0 Å². The maximum atomic E-state index is 12.6. The molecule has 138 valence electrons. The van der Waals surface area contributed by atoms with Gasteiger partial charge in [0.25, 0.3) is 5.91 Å². The third-order valence-corrected chi connectivity index (χ3v) is 3.95. The Morgan fingerprint density at radius 1 is 0.846 bits per heavy atom. The second kappa shape index (κ2) is 8.89. The maximum Gasteiger partial charge on any atom is 0.251 e. The zero-order valence-electron chi connectivity index (χ0n) is 15.4. The lowest BCUT2D eigenvalue weighted by Crippen LogP contribution is -2.47. The van der Waals surface area contributed by atoms with Crippen molar-refractivity contribution in [3.63, 3.8) is 0 Å². The van der Waals surface area contributed by atoms with Gasteiger partial charge in [-0.3, -0.25) is 9.59 Å². The van der Waals surface area contributed by atoms with E-state index in [1.165, 1.54) is 0 Å². The minimum absolute atomic E-state index is 0.0737. The smallest absolute Gasteiger partial charge is 0.251 e. The van der Waals surface area contributed by atoms with E-state index in [1.807, 2.05) is 13.8 Å². The van der Waals surface area contributed by atoms with Crippen molar-refractivity contribution in [3.05, 3.63) is 54.1 Å². The van der Waals surface area contributed by atoms with Crippen LogP contribution in [-0.4, -0.2) is 32.1 Å².